The van der Waals surface area contributed by atoms with Crippen molar-refractivity contribution in [3.63, 3.8) is 0 Å². The lowest BCUT2D eigenvalue weighted by atomic mass is 10.3. The van der Waals surface area contributed by atoms with Crippen LogP contribution >= 0.6 is 11.8 Å². The number of nitrogens with zero attached hydrogens (tertiary/aromatic N) is 2. The molecular weight excluding hydrogens is 248 g/mol. The first-order chi connectivity index (χ1) is 8.72. The van der Waals surface area contributed by atoms with Gasteiger partial charge in [-0.25, -0.2) is 10.8 Å². The fourth-order valence-corrected chi connectivity index (χ4v) is 2.01. The van der Waals surface area contributed by atoms with Gasteiger partial charge in [0.15, 0.2) is 0 Å². The number of benzene rings is 1. The number of nitrogen functional groups attached to an aromatic ring is 1. The molecule has 3 N–H and O–H groups in total. The summed E-state index contributed by atoms with van der Waals surface area (Å²) in [5.74, 6) is 7.70. The average Bonchev–Trinajstić information content (AvgIpc) is 2.38. The van der Waals surface area contributed by atoms with Crippen molar-refractivity contribution in [1.29, 1.82) is 0 Å². The number of aromatic nitrogens is 2. The van der Waals surface area contributed by atoms with E-state index >= 15 is 0 Å². The Morgan fingerprint density at radius 3 is 2.78 bits per heavy atom. The molecule has 0 radical (unpaired) electrons. The van der Waals surface area contributed by atoms with Gasteiger partial charge < -0.3 is 10.2 Å². The molecule has 1 aromatic heterocycles. The van der Waals surface area contributed by atoms with Crippen molar-refractivity contribution in [2.75, 3.05) is 11.7 Å². The summed E-state index contributed by atoms with van der Waals surface area (Å²) in [5, 5.41) is 0. The average molecular weight is 262 g/mol. The highest BCUT2D eigenvalue weighted by atomic mass is 32.2. The first-order valence-corrected chi connectivity index (χ1v) is 6.58. The summed E-state index contributed by atoms with van der Waals surface area (Å²) in [6.45, 7) is 1.79. The van der Waals surface area contributed by atoms with Gasteiger partial charge in [0.25, 0.3) is 0 Å². The molecule has 2 aromatic rings. The van der Waals surface area contributed by atoms with Crippen LogP contribution in [0.4, 0.5) is 5.82 Å². The van der Waals surface area contributed by atoms with Gasteiger partial charge in [0.2, 0.25) is 5.88 Å². The first kappa shape index (κ1) is 12.7. The minimum atomic E-state index is 0.469. The molecule has 1 heterocycles. The monoisotopic (exact) mass is 262 g/mol. The third kappa shape index (κ3) is 2.91. The third-order valence-electron chi connectivity index (χ3n) is 2.25. The molecule has 0 atom stereocenters. The standard InChI is InChI=1S/C12H14N4OS/c1-8-14-11(16-13)7-12(15-8)17-9-5-3-4-6-10(9)18-2/h3-7H,13H2,1-2H3,(H,14,15,16). The predicted octanol–water partition coefficient (Wildman–Crippen LogP) is 2.58. The molecule has 0 bridgehead atoms. The second-order valence-corrected chi connectivity index (χ2v) is 4.38. The lowest BCUT2D eigenvalue weighted by molar-refractivity contribution is 0.449. The smallest absolute Gasteiger partial charge is 0.224 e. The number of nitrogens with two attached hydrogens (primary N) is 1. The molecular formula is C12H14N4OS. The Bertz CT molecular complexity index is 547. The number of rotatable bonds is 4. The Balaban J connectivity index is 2.30. The molecule has 0 spiro atoms. The maximum Gasteiger partial charge on any atom is 0.224 e. The van der Waals surface area contributed by atoms with E-state index in [1.807, 2.05) is 30.5 Å². The van der Waals surface area contributed by atoms with Crippen LogP contribution in [0.5, 0.6) is 11.6 Å². The van der Waals surface area contributed by atoms with Crippen molar-refractivity contribution in [2.24, 2.45) is 5.84 Å². The van der Waals surface area contributed by atoms with Crippen molar-refractivity contribution < 1.29 is 4.74 Å². The van der Waals surface area contributed by atoms with E-state index in [4.69, 9.17) is 10.6 Å². The van der Waals surface area contributed by atoms with Crippen LogP contribution in [0.1, 0.15) is 5.82 Å². The Hall–Kier alpha value is -1.79. The van der Waals surface area contributed by atoms with Crippen molar-refractivity contribution in [3.05, 3.63) is 36.2 Å². The van der Waals surface area contributed by atoms with Crippen LogP contribution in [0.15, 0.2) is 35.2 Å². The molecule has 0 amide bonds. The molecule has 0 aliphatic carbocycles. The van der Waals surface area contributed by atoms with Gasteiger partial charge in [-0.3, -0.25) is 0 Å². The predicted molar refractivity (Wildman–Crippen MR) is 72.9 cm³/mol. The summed E-state index contributed by atoms with van der Waals surface area (Å²) in [7, 11) is 0. The van der Waals surface area contributed by atoms with E-state index in [-0.39, 0.29) is 0 Å². The molecule has 1 aromatic carbocycles. The van der Waals surface area contributed by atoms with Crippen LogP contribution in [-0.2, 0) is 0 Å². The van der Waals surface area contributed by atoms with Gasteiger partial charge in [-0.1, -0.05) is 12.1 Å². The quantitative estimate of drug-likeness (QED) is 0.501. The van der Waals surface area contributed by atoms with Gasteiger partial charge in [-0.2, -0.15) is 4.98 Å². The maximum atomic E-state index is 5.76. The van der Waals surface area contributed by atoms with Gasteiger partial charge in [0.05, 0.1) is 0 Å². The van der Waals surface area contributed by atoms with Crippen molar-refractivity contribution in [3.8, 4) is 11.6 Å². The zero-order chi connectivity index (χ0) is 13.0. The van der Waals surface area contributed by atoms with E-state index in [1.165, 1.54) is 0 Å². The van der Waals surface area contributed by atoms with Crippen molar-refractivity contribution >= 4 is 17.6 Å². The van der Waals surface area contributed by atoms with Crippen LogP contribution in [0.3, 0.4) is 0 Å². The summed E-state index contributed by atoms with van der Waals surface area (Å²) >= 11 is 1.62. The van der Waals surface area contributed by atoms with E-state index in [0.717, 1.165) is 10.6 Å². The van der Waals surface area contributed by atoms with Crippen LogP contribution in [0, 0.1) is 6.92 Å². The number of ether oxygens (including phenoxy) is 1. The number of aryl methyl sites for hydroxylation is 1. The summed E-state index contributed by atoms with van der Waals surface area (Å²) < 4.78 is 5.76. The van der Waals surface area contributed by atoms with Gasteiger partial charge >= 0.3 is 0 Å². The SMILES string of the molecule is CSc1ccccc1Oc1cc(NN)nc(C)n1. The van der Waals surface area contributed by atoms with Gasteiger partial charge in [-0.15, -0.1) is 11.8 Å². The highest BCUT2D eigenvalue weighted by Gasteiger charge is 2.06. The third-order valence-corrected chi connectivity index (χ3v) is 3.02. The number of nitrogens with one attached hydrogen (secondary N) is 1. The summed E-state index contributed by atoms with van der Waals surface area (Å²) in [4.78, 5) is 9.37. The van der Waals surface area contributed by atoms with Gasteiger partial charge in [0.1, 0.15) is 17.4 Å². The highest BCUT2D eigenvalue weighted by Crippen LogP contribution is 2.30. The molecule has 94 valence electrons. The fraction of sp³-hybridized carbons (Fsp3) is 0.167. The van der Waals surface area contributed by atoms with E-state index in [9.17, 15) is 0 Å². The molecule has 0 unspecified atom stereocenters. The second kappa shape index (κ2) is 5.70. The molecule has 5 nitrogen and oxygen atoms in total. The Kier molecular flexibility index (Phi) is 4.01. The summed E-state index contributed by atoms with van der Waals surface area (Å²) in [6.07, 6.45) is 2.00. The first-order valence-electron chi connectivity index (χ1n) is 5.36. The number of hydrogen-bond acceptors (Lipinski definition) is 6. The zero-order valence-electron chi connectivity index (χ0n) is 10.2. The van der Waals surface area contributed by atoms with E-state index in [1.54, 1.807) is 24.8 Å². The minimum Gasteiger partial charge on any atom is -0.438 e. The second-order valence-electron chi connectivity index (χ2n) is 3.54. The molecule has 0 saturated heterocycles. The van der Waals surface area contributed by atoms with Crippen LogP contribution in [0.2, 0.25) is 0 Å². The van der Waals surface area contributed by atoms with E-state index < -0.39 is 0 Å². The molecule has 0 saturated carbocycles. The minimum absolute atomic E-state index is 0.469. The lowest BCUT2D eigenvalue weighted by Gasteiger charge is -2.09. The van der Waals surface area contributed by atoms with Crippen LogP contribution < -0.4 is 16.0 Å². The Morgan fingerprint density at radius 2 is 2.06 bits per heavy atom. The summed E-state index contributed by atoms with van der Waals surface area (Å²) in [6, 6.07) is 9.45. The maximum absolute atomic E-state index is 5.76. The highest BCUT2D eigenvalue weighted by molar-refractivity contribution is 7.98. The van der Waals surface area contributed by atoms with Gasteiger partial charge in [-0.05, 0) is 25.3 Å². The van der Waals surface area contributed by atoms with Crippen LogP contribution in [-0.4, -0.2) is 16.2 Å². The Morgan fingerprint density at radius 1 is 1.28 bits per heavy atom. The number of para-hydroxylation sites is 1. The molecule has 0 fully saturated rings. The summed E-state index contributed by atoms with van der Waals surface area (Å²) in [5.41, 5.74) is 2.49. The Labute approximate surface area is 110 Å². The van der Waals surface area contributed by atoms with Gasteiger partial charge in [0, 0.05) is 11.0 Å². The molecule has 0 aliphatic heterocycles. The van der Waals surface area contributed by atoms with Crippen LogP contribution in [0.25, 0.3) is 0 Å². The zero-order valence-corrected chi connectivity index (χ0v) is 11.0. The normalized spacial score (nSPS) is 10.2. The molecule has 0 aliphatic rings. The van der Waals surface area contributed by atoms with Crippen molar-refractivity contribution in [1.82, 2.24) is 9.97 Å². The number of anilines is 1. The largest absolute Gasteiger partial charge is 0.438 e. The van der Waals surface area contributed by atoms with Crippen molar-refractivity contribution in [2.45, 2.75) is 11.8 Å². The molecule has 2 rings (SSSR count). The fourth-order valence-electron chi connectivity index (χ4n) is 1.48. The molecule has 6 heteroatoms. The molecule has 18 heavy (non-hydrogen) atoms. The number of hydrogen-bond donors (Lipinski definition) is 2. The lowest BCUT2D eigenvalue weighted by Crippen LogP contribution is -2.09. The number of hydrazine groups is 1. The number of thioether (sulfide) groups is 1. The van der Waals surface area contributed by atoms with E-state index in [0.29, 0.717) is 17.5 Å². The van der Waals surface area contributed by atoms with E-state index in [2.05, 4.69) is 15.4 Å². The topological polar surface area (TPSA) is 73.1 Å².